The van der Waals surface area contributed by atoms with E-state index in [2.05, 4.69) is 34.2 Å². The zero-order valence-corrected chi connectivity index (χ0v) is 19.1. The molecule has 1 aromatic heterocycles. The molecule has 0 aliphatic heterocycles. The molecule has 1 amide bonds. The molecule has 0 unspecified atom stereocenters. The molecule has 10 heteroatoms. The highest BCUT2D eigenvalue weighted by Gasteiger charge is 2.06. The van der Waals surface area contributed by atoms with Gasteiger partial charge in [0.25, 0.3) is 5.91 Å². The second-order valence-electron chi connectivity index (χ2n) is 7.22. The minimum absolute atomic E-state index is 0.00921. The molecule has 0 aliphatic rings. The van der Waals surface area contributed by atoms with Crippen molar-refractivity contribution in [2.24, 2.45) is 11.8 Å². The van der Waals surface area contributed by atoms with Crippen LogP contribution in [0.4, 0.5) is 0 Å². The molecule has 1 aromatic carbocycles. The van der Waals surface area contributed by atoms with Crippen molar-refractivity contribution in [3.8, 4) is 0 Å². The van der Waals surface area contributed by atoms with Crippen LogP contribution in [0, 0.1) is 22.0 Å². The predicted octanol–water partition coefficient (Wildman–Crippen LogP) is 2.96. The summed E-state index contributed by atoms with van der Waals surface area (Å²) in [6.07, 6.45) is 2.76. The van der Waals surface area contributed by atoms with Crippen molar-refractivity contribution >= 4 is 11.9 Å². The first kappa shape index (κ1) is 27.7. The number of esters is 1. The van der Waals surface area contributed by atoms with Crippen LogP contribution in [-0.2, 0) is 22.6 Å². The molecule has 0 spiro atoms. The first-order valence-corrected chi connectivity index (χ1v) is 10.0. The lowest BCUT2D eigenvalue weighted by molar-refractivity contribution is -0.445. The molecule has 31 heavy (non-hydrogen) atoms. The van der Waals surface area contributed by atoms with E-state index < -0.39 is 4.92 Å². The van der Waals surface area contributed by atoms with E-state index in [4.69, 9.17) is 10.1 Å². The molecule has 0 saturated carbocycles. The van der Waals surface area contributed by atoms with Crippen molar-refractivity contribution in [2.45, 2.75) is 47.7 Å². The lowest BCUT2D eigenvalue weighted by Crippen LogP contribution is -2.26. The van der Waals surface area contributed by atoms with Gasteiger partial charge in [-0.1, -0.05) is 51.1 Å². The summed E-state index contributed by atoms with van der Waals surface area (Å²) in [5.41, 5.74) is 1.59. The van der Waals surface area contributed by atoms with E-state index in [9.17, 15) is 9.59 Å². The van der Waals surface area contributed by atoms with Crippen LogP contribution in [0.3, 0.4) is 0 Å². The van der Waals surface area contributed by atoms with Gasteiger partial charge >= 0.3 is 5.97 Å². The fraction of sp³-hybridized carbons (Fsp3) is 0.524. The topological polar surface area (TPSA) is 129 Å². The van der Waals surface area contributed by atoms with Gasteiger partial charge in [0.05, 0.1) is 24.4 Å². The summed E-state index contributed by atoms with van der Waals surface area (Å²) < 4.78 is 6.30. The largest absolute Gasteiger partial charge is 0.466 e. The third-order valence-corrected chi connectivity index (χ3v) is 3.40. The summed E-state index contributed by atoms with van der Waals surface area (Å²) in [4.78, 5) is 30.7. The van der Waals surface area contributed by atoms with Gasteiger partial charge in [-0.15, -0.1) is 5.10 Å². The highest BCUT2D eigenvalue weighted by atomic mass is 16.6. The Morgan fingerprint density at radius 2 is 1.77 bits per heavy atom. The second kappa shape index (κ2) is 15.5. The summed E-state index contributed by atoms with van der Waals surface area (Å²) in [5, 5.41) is 19.7. The molecule has 0 fully saturated rings. The Morgan fingerprint density at radius 3 is 2.23 bits per heavy atom. The number of carbonyl (C=O) groups excluding carboxylic acids is 2. The summed E-state index contributed by atoms with van der Waals surface area (Å²) in [6.45, 7) is 10.5. The van der Waals surface area contributed by atoms with Crippen LogP contribution >= 0.6 is 0 Å². The highest BCUT2D eigenvalue weighted by molar-refractivity contribution is 5.93. The van der Waals surface area contributed by atoms with Crippen LogP contribution in [0.1, 0.15) is 50.7 Å². The lowest BCUT2D eigenvalue weighted by Gasteiger charge is -2.04. The van der Waals surface area contributed by atoms with Gasteiger partial charge in [0.2, 0.25) is 0 Å². The smallest absolute Gasteiger partial charge is 0.308 e. The Kier molecular flexibility index (Phi) is 13.9. The van der Waals surface area contributed by atoms with E-state index in [1.807, 2.05) is 38.2 Å². The number of nitro groups is 1. The van der Waals surface area contributed by atoms with Crippen LogP contribution in [0.5, 0.6) is 0 Å². The van der Waals surface area contributed by atoms with Gasteiger partial charge < -0.3 is 10.1 Å². The van der Waals surface area contributed by atoms with Gasteiger partial charge in [-0.25, -0.2) is 4.68 Å². The third-order valence-electron chi connectivity index (χ3n) is 3.40. The Morgan fingerprint density at radius 1 is 1.19 bits per heavy atom. The number of aromatic nitrogens is 3. The fourth-order valence-corrected chi connectivity index (χ4v) is 2.08. The fourth-order valence-electron chi connectivity index (χ4n) is 2.08. The zero-order chi connectivity index (χ0) is 23.8. The normalized spacial score (nSPS) is 9.81. The first-order valence-electron chi connectivity index (χ1n) is 10.0. The molecule has 0 atom stereocenters. The van der Waals surface area contributed by atoms with Crippen LogP contribution in [0.2, 0.25) is 0 Å². The third kappa shape index (κ3) is 14.3. The van der Waals surface area contributed by atoms with Crippen molar-refractivity contribution in [1.29, 1.82) is 0 Å². The number of benzene rings is 1. The number of hydrogen-bond acceptors (Lipinski definition) is 7. The molecule has 172 valence electrons. The second-order valence-corrected chi connectivity index (χ2v) is 7.22. The monoisotopic (exact) mass is 435 g/mol. The average molecular weight is 436 g/mol. The molecule has 1 N–H and O–H groups in total. The number of amides is 1. The lowest BCUT2D eigenvalue weighted by atomic mass is 10.1. The maximum Gasteiger partial charge on any atom is 0.308 e. The minimum atomic E-state index is -0.500. The van der Waals surface area contributed by atoms with E-state index in [1.165, 1.54) is 0 Å². The van der Waals surface area contributed by atoms with Crippen molar-refractivity contribution in [1.82, 2.24) is 20.3 Å². The number of nitrogens with zero attached hydrogens (tertiary/aromatic N) is 4. The quantitative estimate of drug-likeness (QED) is 0.402. The van der Waals surface area contributed by atoms with Gasteiger partial charge in [0.1, 0.15) is 6.67 Å². The van der Waals surface area contributed by atoms with E-state index >= 15 is 0 Å². The number of nitrogens with one attached hydrogen (secondary N) is 1. The summed E-state index contributed by atoms with van der Waals surface area (Å²) >= 11 is 0. The predicted molar refractivity (Wildman–Crippen MR) is 117 cm³/mol. The number of hydrogen-bond donors (Lipinski definition) is 1. The highest BCUT2D eigenvalue weighted by Crippen LogP contribution is 2.03. The molecule has 0 radical (unpaired) electrons. The number of rotatable bonds is 7. The van der Waals surface area contributed by atoms with Crippen LogP contribution in [0.15, 0.2) is 36.5 Å². The molecule has 0 aliphatic carbocycles. The Bertz CT molecular complexity index is 786. The molecule has 2 rings (SSSR count). The number of ether oxygens (including phenoxy) is 1. The molecule has 0 saturated heterocycles. The summed E-state index contributed by atoms with van der Waals surface area (Å²) in [5.74, 6) is 0.327. The Hall–Kier alpha value is -3.30. The van der Waals surface area contributed by atoms with E-state index in [1.54, 1.807) is 23.7 Å². The van der Waals surface area contributed by atoms with Gasteiger partial charge in [-0.05, 0) is 31.4 Å². The summed E-state index contributed by atoms with van der Waals surface area (Å²) in [7, 11) is 0.889. The molecule has 2 aromatic rings. The van der Waals surface area contributed by atoms with Gasteiger partial charge in [-0.3, -0.25) is 19.7 Å². The molecule has 10 nitrogen and oxygen atoms in total. The Labute approximate surface area is 183 Å². The van der Waals surface area contributed by atoms with Crippen LogP contribution in [-0.4, -0.2) is 45.4 Å². The standard InChI is InChI=1S/C14H18N4O.C6H12O2.CH3NO2/c1-11(2)8-13-9-18(17-16-13)10-15-14(19)12-6-4-3-5-7-12;1-4-8-6(7)5(2)3;1-2(3)4/h3-7,9,11H,8,10H2,1-2H3,(H,15,19);5H,4H2,1-3H3;1H3. The van der Waals surface area contributed by atoms with Crippen molar-refractivity contribution in [3.63, 3.8) is 0 Å². The van der Waals surface area contributed by atoms with Crippen molar-refractivity contribution in [3.05, 3.63) is 57.9 Å². The number of carbonyl (C=O) groups is 2. The van der Waals surface area contributed by atoms with Crippen molar-refractivity contribution in [2.75, 3.05) is 13.7 Å². The molecule has 0 bridgehead atoms. The van der Waals surface area contributed by atoms with E-state index in [0.29, 0.717) is 24.8 Å². The maximum absolute atomic E-state index is 11.8. The van der Waals surface area contributed by atoms with Crippen LogP contribution < -0.4 is 5.32 Å². The molecular weight excluding hydrogens is 402 g/mol. The first-order chi connectivity index (χ1) is 14.6. The average Bonchev–Trinajstić information content (AvgIpc) is 3.13. The molecular formula is C21H33N5O5. The van der Waals surface area contributed by atoms with Crippen LogP contribution in [0.25, 0.3) is 0 Å². The maximum atomic E-state index is 11.8. The minimum Gasteiger partial charge on any atom is -0.466 e. The zero-order valence-electron chi connectivity index (χ0n) is 19.1. The van der Waals surface area contributed by atoms with E-state index in [-0.39, 0.29) is 17.8 Å². The van der Waals surface area contributed by atoms with Gasteiger partial charge in [0.15, 0.2) is 7.05 Å². The van der Waals surface area contributed by atoms with Crippen molar-refractivity contribution < 1.29 is 19.2 Å². The SMILES string of the molecule is CC(C)Cc1cn(CNC(=O)c2ccccc2)nn1.CCOC(=O)C(C)C.C[N+](=O)[O-]. The van der Waals surface area contributed by atoms with Gasteiger partial charge in [-0.2, -0.15) is 0 Å². The van der Waals surface area contributed by atoms with E-state index in [0.717, 1.165) is 19.2 Å². The molecule has 1 heterocycles. The van der Waals surface area contributed by atoms with Gasteiger partial charge in [0, 0.05) is 10.5 Å². The Balaban J connectivity index is 0.000000625. The summed E-state index contributed by atoms with van der Waals surface area (Å²) in [6, 6.07) is 9.12.